The van der Waals surface area contributed by atoms with Crippen LogP contribution in [0.1, 0.15) is 27.3 Å². The number of aryl methyl sites for hydroxylation is 2. The first kappa shape index (κ1) is 18.8. The Bertz CT molecular complexity index is 758. The molecule has 5 heteroatoms. The topological polar surface area (TPSA) is 28.5 Å². The first-order valence-electron chi connectivity index (χ1n) is 9.29. The summed E-state index contributed by atoms with van der Waals surface area (Å²) in [5, 5.41) is 0. The molecule has 0 saturated carbocycles. The van der Waals surface area contributed by atoms with Gasteiger partial charge in [0.05, 0.1) is 6.54 Å². The van der Waals surface area contributed by atoms with Gasteiger partial charge in [-0.05, 0) is 51.1 Å². The van der Waals surface area contributed by atoms with Gasteiger partial charge < -0.3 is 9.47 Å². The molecule has 0 amide bonds. The van der Waals surface area contributed by atoms with Crippen LogP contribution in [-0.4, -0.2) is 59.9 Å². The van der Waals surface area contributed by atoms with Crippen LogP contribution < -0.4 is 0 Å². The van der Waals surface area contributed by atoms with Crippen LogP contribution in [0.25, 0.3) is 0 Å². The molecule has 4 nitrogen and oxygen atoms in total. The highest BCUT2D eigenvalue weighted by atomic mass is 19.1. The van der Waals surface area contributed by atoms with Crippen LogP contribution >= 0.6 is 0 Å². The number of benzene rings is 1. The Morgan fingerprint density at radius 2 is 1.73 bits per heavy atom. The SMILES string of the molecule is Cc1cc(C(=O)CN2CCN(C)CC2)c(C)n1CCc1ccc(F)cc1. The first-order valence-corrected chi connectivity index (χ1v) is 9.29. The average Bonchev–Trinajstić information content (AvgIpc) is 2.91. The maximum Gasteiger partial charge on any atom is 0.178 e. The molecule has 0 bridgehead atoms. The number of carbonyl (C=O) groups is 1. The third-order valence-electron chi connectivity index (χ3n) is 5.37. The summed E-state index contributed by atoms with van der Waals surface area (Å²) < 4.78 is 15.2. The molecule has 2 aromatic rings. The van der Waals surface area contributed by atoms with Crippen LogP contribution in [0.4, 0.5) is 4.39 Å². The van der Waals surface area contributed by atoms with Gasteiger partial charge in [0.1, 0.15) is 5.82 Å². The lowest BCUT2D eigenvalue weighted by Crippen LogP contribution is -2.46. The van der Waals surface area contributed by atoms with Crippen LogP contribution in [0.5, 0.6) is 0 Å². The summed E-state index contributed by atoms with van der Waals surface area (Å²) in [7, 11) is 2.12. The third kappa shape index (κ3) is 4.40. The summed E-state index contributed by atoms with van der Waals surface area (Å²) in [4.78, 5) is 17.3. The molecule has 3 rings (SSSR count). The third-order valence-corrected chi connectivity index (χ3v) is 5.37. The molecule has 0 spiro atoms. The van der Waals surface area contributed by atoms with E-state index in [-0.39, 0.29) is 11.6 Å². The molecule has 1 aromatic heterocycles. The van der Waals surface area contributed by atoms with Gasteiger partial charge in [-0.2, -0.15) is 0 Å². The minimum absolute atomic E-state index is 0.204. The predicted octanol–water partition coefficient (Wildman–Crippen LogP) is 2.92. The van der Waals surface area contributed by atoms with Gasteiger partial charge in [0.15, 0.2) is 5.78 Å². The lowest BCUT2D eigenvalue weighted by molar-refractivity contribution is 0.0875. The van der Waals surface area contributed by atoms with E-state index in [2.05, 4.69) is 21.4 Å². The smallest absolute Gasteiger partial charge is 0.178 e. The van der Waals surface area contributed by atoms with Gasteiger partial charge in [-0.1, -0.05) is 12.1 Å². The highest BCUT2D eigenvalue weighted by Gasteiger charge is 2.20. The normalized spacial score (nSPS) is 16.2. The number of hydrogen-bond donors (Lipinski definition) is 0. The van der Waals surface area contributed by atoms with Crippen molar-refractivity contribution in [2.75, 3.05) is 39.8 Å². The van der Waals surface area contributed by atoms with Crippen molar-refractivity contribution >= 4 is 5.78 Å². The summed E-state index contributed by atoms with van der Waals surface area (Å²) >= 11 is 0. The molecule has 0 radical (unpaired) electrons. The van der Waals surface area contributed by atoms with Crippen molar-refractivity contribution in [2.45, 2.75) is 26.8 Å². The van der Waals surface area contributed by atoms with Crippen LogP contribution in [0, 0.1) is 19.7 Å². The van der Waals surface area contributed by atoms with Crippen molar-refractivity contribution < 1.29 is 9.18 Å². The lowest BCUT2D eigenvalue weighted by Gasteiger charge is -2.31. The number of rotatable bonds is 6. The van der Waals surface area contributed by atoms with E-state index in [1.54, 1.807) is 0 Å². The van der Waals surface area contributed by atoms with Crippen molar-refractivity contribution in [1.29, 1.82) is 0 Å². The first-order chi connectivity index (χ1) is 12.4. The Balaban J connectivity index is 1.65. The Morgan fingerprint density at radius 3 is 2.38 bits per heavy atom. The number of likely N-dealkylation sites (N-methyl/N-ethyl adjacent to an activating group) is 1. The fourth-order valence-electron chi connectivity index (χ4n) is 3.61. The molecule has 1 aliphatic rings. The van der Waals surface area contributed by atoms with E-state index in [4.69, 9.17) is 0 Å². The number of carbonyl (C=O) groups excluding carboxylic acids is 1. The highest BCUT2D eigenvalue weighted by Crippen LogP contribution is 2.18. The molecule has 1 aliphatic heterocycles. The van der Waals surface area contributed by atoms with Gasteiger partial charge in [0.2, 0.25) is 0 Å². The van der Waals surface area contributed by atoms with Crippen molar-refractivity contribution in [3.8, 4) is 0 Å². The van der Waals surface area contributed by atoms with E-state index in [1.807, 2.05) is 32.0 Å². The number of halogens is 1. The lowest BCUT2D eigenvalue weighted by atomic mass is 10.1. The number of nitrogens with zero attached hydrogens (tertiary/aromatic N) is 3. The summed E-state index contributed by atoms with van der Waals surface area (Å²) in [5.41, 5.74) is 4.07. The standard InChI is InChI=1S/C21H28FN3O/c1-16-14-20(21(26)15-24-12-10-23(3)11-13-24)17(2)25(16)9-8-18-4-6-19(22)7-5-18/h4-7,14H,8-13,15H2,1-3H3. The second-order valence-corrected chi connectivity index (χ2v) is 7.32. The van der Waals surface area contributed by atoms with Crippen molar-refractivity contribution in [3.05, 3.63) is 58.7 Å². The number of hydrogen-bond acceptors (Lipinski definition) is 3. The molecule has 26 heavy (non-hydrogen) atoms. The molecule has 0 N–H and O–H groups in total. The molecule has 140 valence electrons. The average molecular weight is 357 g/mol. The quantitative estimate of drug-likeness (QED) is 0.744. The Morgan fingerprint density at radius 1 is 1.08 bits per heavy atom. The van der Waals surface area contributed by atoms with Crippen LogP contribution in [-0.2, 0) is 13.0 Å². The summed E-state index contributed by atoms with van der Waals surface area (Å²) in [5.74, 6) is -0.00505. The zero-order valence-corrected chi connectivity index (χ0v) is 16.0. The molecule has 1 fully saturated rings. The number of ketones is 1. The van der Waals surface area contributed by atoms with Crippen LogP contribution in [0.15, 0.2) is 30.3 Å². The molecule has 2 heterocycles. The Kier molecular flexibility index (Phi) is 5.89. The molecule has 1 saturated heterocycles. The second-order valence-electron chi connectivity index (χ2n) is 7.32. The predicted molar refractivity (Wildman–Crippen MR) is 102 cm³/mol. The van der Waals surface area contributed by atoms with Crippen molar-refractivity contribution in [2.24, 2.45) is 0 Å². The zero-order valence-electron chi connectivity index (χ0n) is 16.0. The number of aromatic nitrogens is 1. The van der Waals surface area contributed by atoms with E-state index >= 15 is 0 Å². The van der Waals surface area contributed by atoms with Gasteiger partial charge in [-0.15, -0.1) is 0 Å². The maximum atomic E-state index is 13.0. The van der Waals surface area contributed by atoms with Crippen LogP contribution in [0.3, 0.4) is 0 Å². The number of piperazine rings is 1. The zero-order chi connectivity index (χ0) is 18.7. The highest BCUT2D eigenvalue weighted by molar-refractivity contribution is 5.99. The fourth-order valence-corrected chi connectivity index (χ4v) is 3.61. The van der Waals surface area contributed by atoms with E-state index in [1.165, 1.54) is 12.1 Å². The Hall–Kier alpha value is -1.98. The van der Waals surface area contributed by atoms with E-state index in [9.17, 15) is 9.18 Å². The molecule has 0 unspecified atom stereocenters. The second kappa shape index (κ2) is 8.14. The largest absolute Gasteiger partial charge is 0.348 e. The Labute approximate surface area is 155 Å². The van der Waals surface area contributed by atoms with Gasteiger partial charge in [0, 0.05) is 49.7 Å². The molecular formula is C21H28FN3O. The van der Waals surface area contributed by atoms with E-state index in [0.29, 0.717) is 6.54 Å². The van der Waals surface area contributed by atoms with Crippen LogP contribution in [0.2, 0.25) is 0 Å². The molecule has 1 aromatic carbocycles. The monoisotopic (exact) mass is 357 g/mol. The summed E-state index contributed by atoms with van der Waals surface area (Å²) in [6, 6.07) is 8.65. The van der Waals surface area contributed by atoms with E-state index < -0.39 is 0 Å². The molecule has 0 atom stereocenters. The summed E-state index contributed by atoms with van der Waals surface area (Å²) in [6.07, 6.45) is 0.822. The molecular weight excluding hydrogens is 329 g/mol. The van der Waals surface area contributed by atoms with Gasteiger partial charge in [-0.25, -0.2) is 4.39 Å². The van der Waals surface area contributed by atoms with E-state index in [0.717, 1.165) is 61.7 Å². The van der Waals surface area contributed by atoms with Crippen molar-refractivity contribution in [1.82, 2.24) is 14.4 Å². The van der Waals surface area contributed by atoms with Crippen molar-refractivity contribution in [3.63, 3.8) is 0 Å². The minimum Gasteiger partial charge on any atom is -0.348 e. The molecule has 0 aliphatic carbocycles. The number of Topliss-reactive ketones (excluding diaryl/α,β-unsaturated/α-hetero) is 1. The van der Waals surface area contributed by atoms with Gasteiger partial charge >= 0.3 is 0 Å². The fraction of sp³-hybridized carbons (Fsp3) is 0.476. The van der Waals surface area contributed by atoms with Gasteiger partial charge in [0.25, 0.3) is 0 Å². The summed E-state index contributed by atoms with van der Waals surface area (Å²) in [6.45, 7) is 9.30. The minimum atomic E-state index is -0.209. The van der Waals surface area contributed by atoms with Gasteiger partial charge in [-0.3, -0.25) is 9.69 Å². The maximum absolute atomic E-state index is 13.0.